The van der Waals surface area contributed by atoms with Crippen LogP contribution >= 0.6 is 12.4 Å². The zero-order valence-corrected chi connectivity index (χ0v) is 8.97. The molecule has 0 aliphatic heterocycles. The number of pyridine rings is 1. The Hall–Kier alpha value is -1.00. The van der Waals surface area contributed by atoms with Crippen molar-refractivity contribution >= 4 is 12.4 Å². The normalized spacial score (nSPS) is 9.64. The first kappa shape index (κ1) is 13.0. The Bertz CT molecular complexity index is 373. The first-order chi connectivity index (χ1) is 6.11. The van der Waals surface area contributed by atoms with E-state index in [1.165, 1.54) is 6.07 Å². The largest absolute Gasteiger partial charge is 0.503 e. The fourth-order valence-electron chi connectivity index (χ4n) is 1.42. The molecule has 0 spiro atoms. The van der Waals surface area contributed by atoms with Crippen molar-refractivity contribution < 1.29 is 10.2 Å². The van der Waals surface area contributed by atoms with E-state index in [1.54, 1.807) is 11.5 Å². The van der Waals surface area contributed by atoms with Gasteiger partial charge in [-0.15, -0.1) is 12.4 Å². The Morgan fingerprint density at radius 2 is 2.07 bits per heavy atom. The third kappa shape index (κ3) is 2.08. The Balaban J connectivity index is 0.00000169. The lowest BCUT2D eigenvalue weighted by molar-refractivity contribution is 0.261. The summed E-state index contributed by atoms with van der Waals surface area (Å²) in [6.45, 7) is 3.95. The van der Waals surface area contributed by atoms with Crippen molar-refractivity contribution in [2.45, 2.75) is 27.0 Å². The van der Waals surface area contributed by atoms with Crippen molar-refractivity contribution in [2.75, 3.05) is 0 Å². The van der Waals surface area contributed by atoms with E-state index in [2.05, 4.69) is 0 Å². The van der Waals surface area contributed by atoms with Crippen LogP contribution in [0.1, 0.15) is 18.3 Å². The Morgan fingerprint density at radius 3 is 2.50 bits per heavy atom. The average molecular weight is 220 g/mol. The van der Waals surface area contributed by atoms with Gasteiger partial charge in [-0.25, -0.2) is 0 Å². The minimum Gasteiger partial charge on any atom is -0.503 e. The third-order valence-electron chi connectivity index (χ3n) is 2.06. The maximum Gasteiger partial charge on any atom is 0.223 e. The number of halogens is 1. The number of nitrogens with zero attached hydrogens (tertiary/aromatic N) is 1. The molecule has 0 atom stereocenters. The van der Waals surface area contributed by atoms with E-state index in [0.717, 1.165) is 5.69 Å². The smallest absolute Gasteiger partial charge is 0.223 e. The summed E-state index contributed by atoms with van der Waals surface area (Å²) < 4.78 is 1.71. The topological polar surface area (TPSA) is 62.5 Å². The van der Waals surface area contributed by atoms with Crippen LogP contribution in [0, 0.1) is 6.92 Å². The predicted molar refractivity (Wildman–Crippen MR) is 55.9 cm³/mol. The van der Waals surface area contributed by atoms with Gasteiger partial charge in [-0.1, -0.05) is 0 Å². The summed E-state index contributed by atoms with van der Waals surface area (Å²) in [6, 6.07) is 1.36. The number of hydrogen-bond acceptors (Lipinski definition) is 3. The molecule has 0 aromatic carbocycles. The average Bonchev–Trinajstić information content (AvgIpc) is 2.10. The summed E-state index contributed by atoms with van der Waals surface area (Å²) >= 11 is 0. The monoisotopic (exact) mass is 219 g/mol. The van der Waals surface area contributed by atoms with E-state index in [4.69, 9.17) is 5.11 Å². The maximum atomic E-state index is 11.1. The number of aromatic nitrogens is 1. The van der Waals surface area contributed by atoms with Crippen LogP contribution in [0.3, 0.4) is 0 Å². The Morgan fingerprint density at radius 1 is 1.50 bits per heavy atom. The first-order valence-corrected chi connectivity index (χ1v) is 4.15. The number of aliphatic hydroxyl groups excluding tert-OH is 1. The van der Waals surface area contributed by atoms with Crippen molar-refractivity contribution in [3.8, 4) is 5.75 Å². The highest BCUT2D eigenvalue weighted by Gasteiger charge is 2.10. The van der Waals surface area contributed by atoms with Gasteiger partial charge in [0, 0.05) is 18.3 Å². The third-order valence-corrected chi connectivity index (χ3v) is 2.06. The summed E-state index contributed by atoms with van der Waals surface area (Å²) in [6.07, 6.45) is 0. The number of rotatable bonds is 2. The van der Waals surface area contributed by atoms with Crippen LogP contribution in [-0.4, -0.2) is 14.8 Å². The van der Waals surface area contributed by atoms with Gasteiger partial charge >= 0.3 is 0 Å². The van der Waals surface area contributed by atoms with Crippen LogP contribution in [-0.2, 0) is 13.2 Å². The summed E-state index contributed by atoms with van der Waals surface area (Å²) in [4.78, 5) is 11.1. The number of hydrogen-bond donors (Lipinski definition) is 2. The molecule has 0 aliphatic rings. The zero-order chi connectivity index (χ0) is 10.0. The molecule has 4 nitrogen and oxygen atoms in total. The molecule has 1 rings (SSSR count). The molecular weight excluding hydrogens is 206 g/mol. The SMILES string of the molecule is CCn1c(C)cc(=O)c(O)c1CO.Cl. The van der Waals surface area contributed by atoms with Gasteiger partial charge in [0.15, 0.2) is 5.75 Å². The molecule has 14 heavy (non-hydrogen) atoms. The molecule has 0 fully saturated rings. The van der Waals surface area contributed by atoms with Crippen molar-refractivity contribution in [1.82, 2.24) is 4.57 Å². The van der Waals surface area contributed by atoms with Gasteiger partial charge in [0.25, 0.3) is 0 Å². The quantitative estimate of drug-likeness (QED) is 0.774. The van der Waals surface area contributed by atoms with Gasteiger partial charge in [-0.3, -0.25) is 4.79 Å². The lowest BCUT2D eigenvalue weighted by atomic mass is 10.2. The van der Waals surface area contributed by atoms with E-state index in [9.17, 15) is 9.90 Å². The van der Waals surface area contributed by atoms with Gasteiger partial charge in [0.2, 0.25) is 5.43 Å². The fraction of sp³-hybridized carbons (Fsp3) is 0.444. The van der Waals surface area contributed by atoms with Crippen LogP contribution in [0.15, 0.2) is 10.9 Å². The summed E-state index contributed by atoms with van der Waals surface area (Å²) in [5.74, 6) is -0.352. The lowest BCUT2D eigenvalue weighted by Gasteiger charge is -2.13. The highest BCUT2D eigenvalue weighted by atomic mass is 35.5. The molecule has 0 radical (unpaired) electrons. The summed E-state index contributed by atoms with van der Waals surface area (Å²) in [7, 11) is 0. The van der Waals surface area contributed by atoms with Gasteiger partial charge in [-0.2, -0.15) is 0 Å². The van der Waals surface area contributed by atoms with Crippen LogP contribution in [0.4, 0.5) is 0 Å². The molecule has 1 heterocycles. The number of aromatic hydroxyl groups is 1. The summed E-state index contributed by atoms with van der Waals surface area (Å²) in [5, 5.41) is 18.3. The van der Waals surface area contributed by atoms with E-state index < -0.39 is 5.43 Å². The molecular formula is C9H14ClNO3. The molecule has 0 saturated carbocycles. The van der Waals surface area contributed by atoms with Crippen molar-refractivity contribution in [3.05, 3.63) is 27.7 Å². The molecule has 0 unspecified atom stereocenters. The second-order valence-electron chi connectivity index (χ2n) is 2.85. The van der Waals surface area contributed by atoms with E-state index >= 15 is 0 Å². The molecule has 1 aromatic rings. The predicted octanol–water partition coefficient (Wildman–Crippen LogP) is 0.796. The summed E-state index contributed by atoms with van der Waals surface area (Å²) in [5.41, 5.74) is 0.591. The standard InChI is InChI=1S/C9H13NO3.ClH/c1-3-10-6(2)4-8(12)9(13)7(10)5-11;/h4,11,13H,3,5H2,1-2H3;1H. The fourth-order valence-corrected chi connectivity index (χ4v) is 1.42. The van der Waals surface area contributed by atoms with Gasteiger partial charge in [0.05, 0.1) is 12.3 Å². The van der Waals surface area contributed by atoms with E-state index in [-0.39, 0.29) is 30.5 Å². The van der Waals surface area contributed by atoms with Gasteiger partial charge < -0.3 is 14.8 Å². The highest BCUT2D eigenvalue weighted by Crippen LogP contribution is 2.13. The van der Waals surface area contributed by atoms with Crippen molar-refractivity contribution in [3.63, 3.8) is 0 Å². The minimum absolute atomic E-state index is 0. The zero-order valence-electron chi connectivity index (χ0n) is 8.15. The molecule has 0 saturated heterocycles. The van der Waals surface area contributed by atoms with E-state index in [1.807, 2.05) is 6.92 Å². The van der Waals surface area contributed by atoms with Crippen LogP contribution in [0.5, 0.6) is 5.75 Å². The molecule has 2 N–H and O–H groups in total. The van der Waals surface area contributed by atoms with Crippen LogP contribution in [0.2, 0.25) is 0 Å². The molecule has 80 valence electrons. The lowest BCUT2D eigenvalue weighted by Crippen LogP contribution is -2.15. The van der Waals surface area contributed by atoms with Crippen LogP contribution in [0.25, 0.3) is 0 Å². The highest BCUT2D eigenvalue weighted by molar-refractivity contribution is 5.85. The number of aryl methyl sites for hydroxylation is 1. The first-order valence-electron chi connectivity index (χ1n) is 4.15. The molecule has 0 amide bonds. The molecule has 0 bridgehead atoms. The second kappa shape index (κ2) is 5.02. The van der Waals surface area contributed by atoms with E-state index in [0.29, 0.717) is 6.54 Å². The number of aliphatic hydroxyl groups is 1. The maximum absolute atomic E-state index is 11.1. The van der Waals surface area contributed by atoms with Gasteiger partial charge in [0.1, 0.15) is 0 Å². The van der Waals surface area contributed by atoms with Gasteiger partial charge in [-0.05, 0) is 13.8 Å². The van der Waals surface area contributed by atoms with Crippen LogP contribution < -0.4 is 5.43 Å². The second-order valence-corrected chi connectivity index (χ2v) is 2.85. The van der Waals surface area contributed by atoms with Crippen molar-refractivity contribution in [2.24, 2.45) is 0 Å². The molecule has 5 heteroatoms. The van der Waals surface area contributed by atoms with Crippen molar-refractivity contribution in [1.29, 1.82) is 0 Å². The Labute approximate surface area is 88.2 Å². The molecule has 1 aromatic heterocycles. The minimum atomic E-state index is -0.439. The Kier molecular flexibility index (Phi) is 4.67. The molecule has 0 aliphatic carbocycles.